The minimum atomic E-state index is 0.566. The highest BCUT2D eigenvalue weighted by atomic mass is 16.5. The number of rotatable bonds is 8. The van der Waals surface area contributed by atoms with Gasteiger partial charge in [0.2, 0.25) is 5.69 Å². The second kappa shape index (κ2) is 9.36. The van der Waals surface area contributed by atoms with Crippen LogP contribution in [0.15, 0.2) is 53.6 Å². The molecule has 3 heteroatoms. The van der Waals surface area contributed by atoms with Gasteiger partial charge in [0.1, 0.15) is 5.69 Å². The van der Waals surface area contributed by atoms with E-state index in [2.05, 4.69) is 44.9 Å². The molecule has 0 aliphatic heterocycles. The molecule has 0 spiro atoms. The molecule has 0 radical (unpaired) electrons. The van der Waals surface area contributed by atoms with Crippen molar-refractivity contribution in [2.45, 2.75) is 53.4 Å². The lowest BCUT2D eigenvalue weighted by molar-refractivity contribution is -0.435. The zero-order valence-electron chi connectivity index (χ0n) is 15.9. The molecular formula is C22H30N2O. The first-order chi connectivity index (χ1) is 12.0. The quantitative estimate of drug-likeness (QED) is 0.296. The van der Waals surface area contributed by atoms with E-state index in [0.29, 0.717) is 28.1 Å². The van der Waals surface area contributed by atoms with E-state index in [4.69, 9.17) is 0 Å². The van der Waals surface area contributed by atoms with Gasteiger partial charge in [0, 0.05) is 17.2 Å². The van der Waals surface area contributed by atoms with Crippen LogP contribution in [0.25, 0.3) is 0 Å². The second-order valence-corrected chi connectivity index (χ2v) is 7.14. The molecule has 0 aromatic heterocycles. The van der Waals surface area contributed by atoms with Gasteiger partial charge in [-0.25, -0.2) is 0 Å². The molecule has 2 aromatic rings. The summed E-state index contributed by atoms with van der Waals surface area (Å²) in [5.74, 6) is 1.33. The Kier molecular flexibility index (Phi) is 7.17. The van der Waals surface area contributed by atoms with Gasteiger partial charge in [-0.2, -0.15) is 0 Å². The Morgan fingerprint density at radius 1 is 0.800 bits per heavy atom. The Balaban J connectivity index is 2.05. The topological polar surface area (TPSA) is 38.4 Å². The molecule has 0 amide bonds. The molecule has 0 N–H and O–H groups in total. The molecule has 2 aromatic carbocycles. The number of hydrogen-bond donors (Lipinski definition) is 0. The molecule has 0 saturated heterocycles. The van der Waals surface area contributed by atoms with Crippen LogP contribution in [0.4, 0.5) is 11.4 Å². The fourth-order valence-electron chi connectivity index (χ4n) is 2.71. The maximum atomic E-state index is 12.3. The van der Waals surface area contributed by atoms with Gasteiger partial charge in [0.25, 0.3) is 0 Å². The third kappa shape index (κ3) is 6.00. The van der Waals surface area contributed by atoms with Crippen LogP contribution in [0, 0.1) is 17.0 Å². The highest BCUT2D eigenvalue weighted by Gasteiger charge is 2.07. The fourth-order valence-corrected chi connectivity index (χ4v) is 2.71. The molecule has 134 valence electrons. The average Bonchev–Trinajstić information content (AvgIpc) is 2.63. The standard InChI is InChI=1S/C22H30N2O/c1-5-17(3)15-19-7-11-21(12-8-19)23-24(25)22-13-9-20(10-14-22)16-18(4)6-2/h7-14,17-18H,5-6,15-16H2,1-4H3/t17-,18-/m0/s1. The maximum absolute atomic E-state index is 12.3. The zero-order valence-corrected chi connectivity index (χ0v) is 15.9. The molecule has 0 fully saturated rings. The van der Waals surface area contributed by atoms with Crippen LogP contribution in [-0.4, -0.2) is 4.86 Å². The maximum Gasteiger partial charge on any atom is 0.244 e. The van der Waals surface area contributed by atoms with Crippen molar-refractivity contribution in [3.63, 3.8) is 0 Å². The van der Waals surface area contributed by atoms with E-state index in [1.807, 2.05) is 36.4 Å². The summed E-state index contributed by atoms with van der Waals surface area (Å²) in [4.78, 5) is 0.705. The molecule has 0 bridgehead atoms. The normalized spacial score (nSPS) is 14.3. The van der Waals surface area contributed by atoms with Gasteiger partial charge in [-0.1, -0.05) is 69.7 Å². The van der Waals surface area contributed by atoms with Crippen molar-refractivity contribution in [2.75, 3.05) is 0 Å². The van der Waals surface area contributed by atoms with Gasteiger partial charge in [0.05, 0.1) is 0 Å². The van der Waals surface area contributed by atoms with Gasteiger partial charge in [-0.3, -0.25) is 0 Å². The molecule has 0 aliphatic carbocycles. The zero-order chi connectivity index (χ0) is 18.2. The average molecular weight is 338 g/mol. The molecule has 2 rings (SSSR count). The molecule has 0 aliphatic rings. The SMILES string of the molecule is CC[C@H](C)Cc1ccc(N=[N+]([O-])c2ccc(C[C@@H](C)CC)cc2)cc1. The van der Waals surface area contributed by atoms with Crippen LogP contribution in [0.1, 0.15) is 51.7 Å². The van der Waals surface area contributed by atoms with Crippen molar-refractivity contribution in [3.8, 4) is 0 Å². The second-order valence-electron chi connectivity index (χ2n) is 7.14. The molecule has 25 heavy (non-hydrogen) atoms. The predicted molar refractivity (Wildman–Crippen MR) is 105 cm³/mol. The lowest BCUT2D eigenvalue weighted by Gasteiger charge is -2.08. The summed E-state index contributed by atoms with van der Waals surface area (Å²) in [5.41, 5.74) is 3.81. The molecule has 0 heterocycles. The van der Waals surface area contributed by atoms with Crippen LogP contribution < -0.4 is 0 Å². The van der Waals surface area contributed by atoms with Crippen molar-refractivity contribution in [1.29, 1.82) is 0 Å². The summed E-state index contributed by atoms with van der Waals surface area (Å²) >= 11 is 0. The highest BCUT2D eigenvalue weighted by molar-refractivity contribution is 5.38. The third-order valence-corrected chi connectivity index (χ3v) is 4.86. The van der Waals surface area contributed by atoms with Crippen molar-refractivity contribution < 1.29 is 4.86 Å². The predicted octanol–water partition coefficient (Wildman–Crippen LogP) is 6.79. The monoisotopic (exact) mass is 338 g/mol. The Bertz CT molecular complexity index is 674. The molecule has 0 saturated carbocycles. The Hall–Kier alpha value is -2.16. The lowest BCUT2D eigenvalue weighted by atomic mass is 9.99. The molecule has 2 atom stereocenters. The van der Waals surface area contributed by atoms with Gasteiger partial charge in [-0.15, -0.1) is 0 Å². The van der Waals surface area contributed by atoms with E-state index in [1.165, 1.54) is 17.5 Å². The largest absolute Gasteiger partial charge is 0.594 e. The smallest absolute Gasteiger partial charge is 0.244 e. The van der Waals surface area contributed by atoms with E-state index in [9.17, 15) is 5.21 Å². The lowest BCUT2D eigenvalue weighted by Crippen LogP contribution is -1.98. The number of azo groups is 1. The minimum absolute atomic E-state index is 0.566. The van der Waals surface area contributed by atoms with Gasteiger partial charge in [0.15, 0.2) is 0 Å². The molecular weight excluding hydrogens is 308 g/mol. The van der Waals surface area contributed by atoms with Crippen molar-refractivity contribution in [3.05, 3.63) is 64.9 Å². The first-order valence-corrected chi connectivity index (χ1v) is 9.38. The van der Waals surface area contributed by atoms with Crippen LogP contribution in [0.2, 0.25) is 0 Å². The van der Waals surface area contributed by atoms with Crippen LogP contribution in [0.3, 0.4) is 0 Å². The number of benzene rings is 2. The molecule has 3 nitrogen and oxygen atoms in total. The minimum Gasteiger partial charge on any atom is -0.594 e. The summed E-state index contributed by atoms with van der Waals surface area (Å²) in [6.07, 6.45) is 4.45. The van der Waals surface area contributed by atoms with Gasteiger partial charge < -0.3 is 5.21 Å². The van der Waals surface area contributed by atoms with Gasteiger partial charge >= 0.3 is 0 Å². The number of nitrogens with zero attached hydrogens (tertiary/aromatic N) is 2. The first-order valence-electron chi connectivity index (χ1n) is 9.38. The van der Waals surface area contributed by atoms with E-state index < -0.39 is 0 Å². The summed E-state index contributed by atoms with van der Waals surface area (Å²) in [6, 6.07) is 15.7. The highest BCUT2D eigenvalue weighted by Crippen LogP contribution is 2.21. The third-order valence-electron chi connectivity index (χ3n) is 4.86. The summed E-state index contributed by atoms with van der Waals surface area (Å²) in [5, 5.41) is 16.4. The van der Waals surface area contributed by atoms with Crippen molar-refractivity contribution >= 4 is 11.4 Å². The van der Waals surface area contributed by atoms with E-state index in [1.54, 1.807) is 0 Å². The van der Waals surface area contributed by atoms with Crippen molar-refractivity contribution in [1.82, 2.24) is 0 Å². The van der Waals surface area contributed by atoms with Crippen molar-refractivity contribution in [2.24, 2.45) is 17.0 Å². The first kappa shape index (κ1) is 19.2. The van der Waals surface area contributed by atoms with Gasteiger partial charge in [-0.05, 0) is 47.9 Å². The summed E-state index contributed by atoms with van der Waals surface area (Å²) < 4.78 is 0. The number of hydrogen-bond acceptors (Lipinski definition) is 2. The Morgan fingerprint density at radius 3 is 1.68 bits per heavy atom. The Morgan fingerprint density at radius 2 is 1.24 bits per heavy atom. The van der Waals surface area contributed by atoms with Crippen LogP contribution in [0.5, 0.6) is 0 Å². The Labute approximate surface area is 152 Å². The summed E-state index contributed by atoms with van der Waals surface area (Å²) in [7, 11) is 0. The van der Waals surface area contributed by atoms with E-state index >= 15 is 0 Å². The van der Waals surface area contributed by atoms with E-state index in [-0.39, 0.29) is 0 Å². The van der Waals surface area contributed by atoms with Crippen LogP contribution >= 0.6 is 0 Å². The van der Waals surface area contributed by atoms with E-state index in [0.717, 1.165) is 19.3 Å². The van der Waals surface area contributed by atoms with Crippen LogP contribution in [-0.2, 0) is 12.8 Å². The summed E-state index contributed by atoms with van der Waals surface area (Å²) in [6.45, 7) is 8.90. The fraction of sp³-hybridized carbons (Fsp3) is 0.455. The molecule has 0 unspecified atom stereocenters.